The summed E-state index contributed by atoms with van der Waals surface area (Å²) in [5, 5.41) is 2.05. The van der Waals surface area contributed by atoms with E-state index in [9.17, 15) is 0 Å². The summed E-state index contributed by atoms with van der Waals surface area (Å²) < 4.78 is 6.38. The number of rotatable bonds is 6. The first-order valence-electron chi connectivity index (χ1n) is 17.2. The van der Waals surface area contributed by atoms with Gasteiger partial charge >= 0.3 is 0 Å². The van der Waals surface area contributed by atoms with Gasteiger partial charge in [-0.3, -0.25) is 0 Å². The summed E-state index contributed by atoms with van der Waals surface area (Å²) in [5.74, 6) is 0. The third-order valence-corrected chi connectivity index (χ3v) is 10.2. The normalized spacial score (nSPS) is 11.3. The molecule has 4 aromatic heterocycles. The Balaban J connectivity index is 0.000000255. The Morgan fingerprint density at radius 1 is 0.680 bits per heavy atom. The zero-order valence-electron chi connectivity index (χ0n) is 30.6. The standard InChI is InChI=1S/C31H31N2O.C14H14N.Ir/c1-7-31(6,8-2)25-18-32-27(17-21(25)5)24-14-10-13-22-23-15-16-26(33-30(23)34-29(22)24)28-19(3)11-9-12-20(28)4;1-10-4-6-13(7-5-10)14-8-11(2)12(3)9-15-14;/h9-13,15-18H,7-8H2,1-6H3;4-6,8-9H,1-3H3;/q2*-1;. The van der Waals surface area contributed by atoms with Crippen molar-refractivity contribution in [1.82, 2.24) is 15.0 Å². The SMILES string of the molecule is CCC(C)(CC)c1cnc(-c2[c-]ccc3c2oc2nc(-c4c(C)cccc4C)ccc23)cc1C.Cc1c[c-]c(-c2cc(C)c(C)cn2)cc1.[Ir]. The molecule has 0 aliphatic heterocycles. The summed E-state index contributed by atoms with van der Waals surface area (Å²) in [6.07, 6.45) is 6.14. The first kappa shape index (κ1) is 36.8. The molecule has 0 aliphatic carbocycles. The first-order valence-corrected chi connectivity index (χ1v) is 17.2. The number of fused-ring (bicyclic) bond motifs is 3. The van der Waals surface area contributed by atoms with Crippen molar-refractivity contribution in [2.75, 3.05) is 0 Å². The monoisotopic (exact) mass is 836 g/mol. The molecule has 7 aromatic rings. The number of hydrogen-bond donors (Lipinski definition) is 0. The fourth-order valence-corrected chi connectivity index (χ4v) is 6.56. The molecule has 0 bridgehead atoms. The van der Waals surface area contributed by atoms with E-state index in [0.29, 0.717) is 5.71 Å². The molecule has 0 saturated carbocycles. The van der Waals surface area contributed by atoms with Gasteiger partial charge in [0.2, 0.25) is 5.71 Å². The van der Waals surface area contributed by atoms with Gasteiger partial charge in [0.25, 0.3) is 0 Å². The van der Waals surface area contributed by atoms with Crippen LogP contribution in [-0.2, 0) is 25.5 Å². The smallest absolute Gasteiger partial charge is 0.216 e. The number of aromatic nitrogens is 3. The molecule has 0 fully saturated rings. The van der Waals surface area contributed by atoms with Crippen molar-refractivity contribution in [2.45, 2.75) is 80.6 Å². The molecule has 0 unspecified atom stereocenters. The Morgan fingerprint density at radius 2 is 1.38 bits per heavy atom. The van der Waals surface area contributed by atoms with E-state index in [0.717, 1.165) is 57.4 Å². The Kier molecular flexibility index (Phi) is 11.2. The second kappa shape index (κ2) is 15.2. The van der Waals surface area contributed by atoms with Crippen LogP contribution >= 0.6 is 0 Å². The van der Waals surface area contributed by atoms with Crippen molar-refractivity contribution >= 4 is 22.1 Å². The Morgan fingerprint density at radius 3 is 2.02 bits per heavy atom. The molecule has 3 aromatic carbocycles. The molecule has 50 heavy (non-hydrogen) atoms. The van der Waals surface area contributed by atoms with Gasteiger partial charge in [0.1, 0.15) is 0 Å². The molecule has 4 heterocycles. The van der Waals surface area contributed by atoms with Crippen LogP contribution in [-0.4, -0.2) is 15.0 Å². The summed E-state index contributed by atoms with van der Waals surface area (Å²) in [7, 11) is 0. The average Bonchev–Trinajstić information content (AvgIpc) is 3.48. The summed E-state index contributed by atoms with van der Waals surface area (Å²) in [6.45, 7) is 19.5. The van der Waals surface area contributed by atoms with Gasteiger partial charge < -0.3 is 14.4 Å². The largest absolute Gasteiger partial charge is 0.486 e. The van der Waals surface area contributed by atoms with E-state index in [2.05, 4.69) is 140 Å². The predicted molar refractivity (Wildman–Crippen MR) is 204 cm³/mol. The average molecular weight is 836 g/mol. The molecule has 1 radical (unpaired) electrons. The third-order valence-electron chi connectivity index (χ3n) is 10.2. The van der Waals surface area contributed by atoms with Crippen molar-refractivity contribution in [3.05, 3.63) is 136 Å². The zero-order chi connectivity index (χ0) is 34.9. The number of pyridine rings is 3. The van der Waals surface area contributed by atoms with Crippen molar-refractivity contribution < 1.29 is 24.5 Å². The minimum atomic E-state index is 0. The molecule has 7 rings (SSSR count). The Labute approximate surface area is 310 Å². The molecule has 0 spiro atoms. The number of nitrogens with zero attached hydrogens (tertiary/aromatic N) is 3. The van der Waals surface area contributed by atoms with Gasteiger partial charge in [0.15, 0.2) is 0 Å². The topological polar surface area (TPSA) is 51.8 Å². The molecule has 0 aliphatic rings. The first-order chi connectivity index (χ1) is 23.5. The van der Waals surface area contributed by atoms with Crippen LogP contribution in [0.5, 0.6) is 0 Å². The van der Waals surface area contributed by atoms with Gasteiger partial charge in [-0.05, 0) is 98.6 Å². The minimum Gasteiger partial charge on any atom is -0.486 e. The molecular weight excluding hydrogens is 791 g/mol. The number of benzene rings is 3. The van der Waals surface area contributed by atoms with Crippen LogP contribution < -0.4 is 0 Å². The number of aryl methyl sites for hydroxylation is 6. The fraction of sp³-hybridized carbons (Fsp3) is 0.267. The van der Waals surface area contributed by atoms with Crippen LogP contribution in [0.4, 0.5) is 0 Å². The van der Waals surface area contributed by atoms with Crippen LogP contribution in [0.2, 0.25) is 0 Å². The van der Waals surface area contributed by atoms with E-state index >= 15 is 0 Å². The van der Waals surface area contributed by atoms with Gasteiger partial charge in [-0.25, -0.2) is 4.98 Å². The summed E-state index contributed by atoms with van der Waals surface area (Å²) >= 11 is 0. The maximum atomic E-state index is 6.38. The summed E-state index contributed by atoms with van der Waals surface area (Å²) in [4.78, 5) is 14.2. The Hall–Kier alpha value is -4.44. The minimum absolute atomic E-state index is 0. The van der Waals surface area contributed by atoms with Crippen LogP contribution in [0.3, 0.4) is 0 Å². The summed E-state index contributed by atoms with van der Waals surface area (Å²) in [6, 6.07) is 31.6. The quantitative estimate of drug-likeness (QED) is 0.157. The van der Waals surface area contributed by atoms with Gasteiger partial charge in [0, 0.05) is 43.4 Å². The fourth-order valence-electron chi connectivity index (χ4n) is 6.56. The molecule has 0 N–H and O–H groups in total. The van der Waals surface area contributed by atoms with Crippen molar-refractivity contribution in [1.29, 1.82) is 0 Å². The van der Waals surface area contributed by atoms with Crippen molar-refractivity contribution in [3.8, 4) is 33.8 Å². The van der Waals surface area contributed by atoms with Gasteiger partial charge in [-0.1, -0.05) is 80.1 Å². The molecule has 257 valence electrons. The molecule has 0 amide bonds. The third kappa shape index (κ3) is 7.22. The second-order valence-electron chi connectivity index (χ2n) is 13.6. The number of hydrogen-bond acceptors (Lipinski definition) is 4. The second-order valence-corrected chi connectivity index (χ2v) is 13.6. The molecule has 5 heteroatoms. The van der Waals surface area contributed by atoms with E-state index in [1.807, 2.05) is 24.5 Å². The summed E-state index contributed by atoms with van der Waals surface area (Å²) in [5.41, 5.74) is 16.2. The van der Waals surface area contributed by atoms with E-state index in [4.69, 9.17) is 14.4 Å². The van der Waals surface area contributed by atoms with Crippen LogP contribution in [0.1, 0.15) is 72.6 Å². The Bertz CT molecular complexity index is 2260. The van der Waals surface area contributed by atoms with Crippen molar-refractivity contribution in [3.63, 3.8) is 0 Å². The van der Waals surface area contributed by atoms with Gasteiger partial charge in [-0.15, -0.1) is 53.6 Å². The predicted octanol–water partition coefficient (Wildman–Crippen LogP) is 12.0. The number of furan rings is 1. The zero-order valence-corrected chi connectivity index (χ0v) is 33.0. The van der Waals surface area contributed by atoms with Gasteiger partial charge in [-0.2, -0.15) is 0 Å². The van der Waals surface area contributed by atoms with E-state index in [1.165, 1.54) is 44.5 Å². The van der Waals surface area contributed by atoms with Gasteiger partial charge in [0.05, 0.1) is 11.3 Å². The van der Waals surface area contributed by atoms with E-state index in [1.54, 1.807) is 0 Å². The molecule has 4 nitrogen and oxygen atoms in total. The maximum absolute atomic E-state index is 6.38. The van der Waals surface area contributed by atoms with Crippen LogP contribution in [0.15, 0.2) is 89.6 Å². The molecule has 0 saturated heterocycles. The van der Waals surface area contributed by atoms with E-state index < -0.39 is 0 Å². The molecule has 0 atom stereocenters. The van der Waals surface area contributed by atoms with Crippen molar-refractivity contribution in [2.24, 2.45) is 0 Å². The van der Waals surface area contributed by atoms with E-state index in [-0.39, 0.29) is 25.5 Å². The maximum Gasteiger partial charge on any atom is 0.216 e. The van der Waals surface area contributed by atoms with Crippen LogP contribution in [0, 0.1) is 53.7 Å². The molecular formula is C45H45IrN3O-2. The van der Waals surface area contributed by atoms with Crippen LogP contribution in [0.25, 0.3) is 55.8 Å².